The van der Waals surface area contributed by atoms with Crippen LogP contribution in [0.3, 0.4) is 0 Å². The molecule has 0 aliphatic rings. The zero-order valence-electron chi connectivity index (χ0n) is 11.3. The normalized spacial score (nSPS) is 11.7. The number of alkyl halides is 3. The summed E-state index contributed by atoms with van der Waals surface area (Å²) in [5.74, 6) is -0.752. The van der Waals surface area contributed by atoms with Crippen molar-refractivity contribution in [2.75, 3.05) is 5.32 Å². The maximum Gasteiger partial charge on any atom is 0.573 e. The second kappa shape index (κ2) is 5.74. The van der Waals surface area contributed by atoms with Gasteiger partial charge >= 0.3 is 6.36 Å². The molecule has 6 nitrogen and oxygen atoms in total. The van der Waals surface area contributed by atoms with Gasteiger partial charge in [0.1, 0.15) is 10.6 Å². The minimum Gasteiger partial charge on any atom is -0.406 e. The summed E-state index contributed by atoms with van der Waals surface area (Å²) in [6.07, 6.45) is -4.76. The molecular formula is C12H7F3N4O2S2. The smallest absolute Gasteiger partial charge is 0.406 e. The summed E-state index contributed by atoms with van der Waals surface area (Å²) in [7, 11) is 0. The van der Waals surface area contributed by atoms with E-state index in [0.717, 1.165) is 22.9 Å². The van der Waals surface area contributed by atoms with E-state index in [0.29, 0.717) is 20.8 Å². The highest BCUT2D eigenvalue weighted by Crippen LogP contribution is 2.31. The number of benzene rings is 1. The number of carbonyl (C=O) groups excluding carboxylic acids is 1. The number of anilines is 1. The van der Waals surface area contributed by atoms with Crippen LogP contribution < -0.4 is 10.1 Å². The monoisotopic (exact) mass is 360 g/mol. The van der Waals surface area contributed by atoms with Crippen LogP contribution in [0.1, 0.15) is 15.4 Å². The third kappa shape index (κ3) is 3.56. The highest BCUT2D eigenvalue weighted by atomic mass is 32.1. The molecule has 1 aromatic carbocycles. The molecule has 23 heavy (non-hydrogen) atoms. The summed E-state index contributed by atoms with van der Waals surface area (Å²) in [6.45, 7) is 1.65. The Hall–Kier alpha value is -2.27. The van der Waals surface area contributed by atoms with E-state index in [1.165, 1.54) is 18.2 Å². The lowest BCUT2D eigenvalue weighted by atomic mass is 10.3. The average Bonchev–Trinajstić information content (AvgIpc) is 3.01. The van der Waals surface area contributed by atoms with Gasteiger partial charge in [-0.05, 0) is 30.6 Å². The van der Waals surface area contributed by atoms with Gasteiger partial charge in [-0.2, -0.15) is 0 Å². The molecule has 3 aromatic rings. The van der Waals surface area contributed by atoms with E-state index in [2.05, 4.69) is 24.6 Å². The molecule has 0 radical (unpaired) electrons. The Morgan fingerprint density at radius 2 is 2.13 bits per heavy atom. The fourth-order valence-corrected chi connectivity index (χ4v) is 3.19. The highest BCUT2D eigenvalue weighted by Gasteiger charge is 2.31. The van der Waals surface area contributed by atoms with Gasteiger partial charge in [0.25, 0.3) is 5.91 Å². The molecule has 120 valence electrons. The van der Waals surface area contributed by atoms with E-state index in [-0.39, 0.29) is 10.9 Å². The van der Waals surface area contributed by atoms with Gasteiger partial charge < -0.3 is 4.74 Å². The van der Waals surface area contributed by atoms with Crippen molar-refractivity contribution < 1.29 is 22.7 Å². The van der Waals surface area contributed by atoms with Crippen LogP contribution in [0, 0.1) is 6.92 Å². The summed E-state index contributed by atoms with van der Waals surface area (Å²) in [4.78, 5) is 16.5. The van der Waals surface area contributed by atoms with Crippen LogP contribution >= 0.6 is 22.9 Å². The first-order valence-electron chi connectivity index (χ1n) is 6.08. The molecule has 0 saturated carbocycles. The molecule has 0 bridgehead atoms. The van der Waals surface area contributed by atoms with Gasteiger partial charge in [-0.1, -0.05) is 15.8 Å². The number of rotatable bonds is 3. The minimum atomic E-state index is -4.76. The lowest BCUT2D eigenvalue weighted by Crippen LogP contribution is -2.16. The molecule has 0 aliphatic heterocycles. The molecule has 3 rings (SSSR count). The molecule has 0 saturated heterocycles. The van der Waals surface area contributed by atoms with Crippen LogP contribution in [0.2, 0.25) is 0 Å². The van der Waals surface area contributed by atoms with E-state index in [1.807, 2.05) is 0 Å². The third-order valence-electron chi connectivity index (χ3n) is 2.67. The molecule has 11 heteroatoms. The molecule has 0 atom stereocenters. The van der Waals surface area contributed by atoms with E-state index in [9.17, 15) is 18.0 Å². The first-order chi connectivity index (χ1) is 10.8. The van der Waals surface area contributed by atoms with Gasteiger partial charge in [0.2, 0.25) is 0 Å². The number of ether oxygens (including phenoxy) is 1. The van der Waals surface area contributed by atoms with Crippen LogP contribution in [0.25, 0.3) is 10.2 Å². The van der Waals surface area contributed by atoms with E-state index in [4.69, 9.17) is 0 Å². The fraction of sp³-hybridized carbons (Fsp3) is 0.167. The Kier molecular flexibility index (Phi) is 3.90. The first-order valence-corrected chi connectivity index (χ1v) is 7.67. The van der Waals surface area contributed by atoms with Crippen LogP contribution in [0.15, 0.2) is 18.2 Å². The largest absolute Gasteiger partial charge is 0.573 e. The van der Waals surface area contributed by atoms with Crippen LogP contribution in [-0.4, -0.2) is 26.8 Å². The summed E-state index contributed by atoms with van der Waals surface area (Å²) in [5.41, 5.74) is 0.952. The molecule has 2 aromatic heterocycles. The van der Waals surface area contributed by atoms with Gasteiger partial charge in [-0.3, -0.25) is 10.1 Å². The van der Waals surface area contributed by atoms with Crippen LogP contribution in [-0.2, 0) is 0 Å². The Bertz CT molecular complexity index is 875. The fourth-order valence-electron chi connectivity index (χ4n) is 1.75. The molecular weight excluding hydrogens is 353 g/mol. The van der Waals surface area contributed by atoms with Gasteiger partial charge in [-0.25, -0.2) is 4.98 Å². The Morgan fingerprint density at radius 3 is 2.78 bits per heavy atom. The van der Waals surface area contributed by atoms with Gasteiger partial charge in [0.15, 0.2) is 5.13 Å². The zero-order valence-corrected chi connectivity index (χ0v) is 13.0. The molecule has 0 unspecified atom stereocenters. The summed E-state index contributed by atoms with van der Waals surface area (Å²) < 4.78 is 44.6. The number of aromatic nitrogens is 3. The van der Waals surface area contributed by atoms with Gasteiger partial charge in [0, 0.05) is 6.07 Å². The maximum absolute atomic E-state index is 12.2. The summed E-state index contributed by atoms with van der Waals surface area (Å²) in [5, 5.41) is 6.58. The predicted octanol–water partition coefficient (Wildman–Crippen LogP) is 3.61. The molecule has 0 aliphatic carbocycles. The van der Waals surface area contributed by atoms with Crippen molar-refractivity contribution in [2.24, 2.45) is 0 Å². The zero-order chi connectivity index (χ0) is 16.6. The predicted molar refractivity (Wildman–Crippen MR) is 78.9 cm³/mol. The lowest BCUT2D eigenvalue weighted by Gasteiger charge is -2.07. The van der Waals surface area contributed by atoms with Crippen LogP contribution in [0.4, 0.5) is 18.3 Å². The number of hydrogen-bond acceptors (Lipinski definition) is 7. The van der Waals surface area contributed by atoms with Gasteiger partial charge in [-0.15, -0.1) is 18.3 Å². The number of halogens is 3. The van der Waals surface area contributed by atoms with Crippen LogP contribution in [0.5, 0.6) is 5.75 Å². The van der Waals surface area contributed by atoms with E-state index >= 15 is 0 Å². The SMILES string of the molecule is Cc1nnsc1C(=O)Nc1nc2ccc(OC(F)(F)F)cc2s1. The number of amides is 1. The summed E-state index contributed by atoms with van der Waals surface area (Å²) >= 11 is 1.99. The Labute approximate surface area is 135 Å². The molecule has 0 fully saturated rings. The van der Waals surface area contributed by atoms with E-state index < -0.39 is 12.3 Å². The number of carbonyl (C=O) groups is 1. The van der Waals surface area contributed by atoms with Crippen molar-refractivity contribution in [3.8, 4) is 5.75 Å². The average molecular weight is 360 g/mol. The van der Waals surface area contributed by atoms with Crippen molar-refractivity contribution in [3.63, 3.8) is 0 Å². The quantitative estimate of drug-likeness (QED) is 0.772. The highest BCUT2D eigenvalue weighted by molar-refractivity contribution is 7.22. The maximum atomic E-state index is 12.2. The van der Waals surface area contributed by atoms with Gasteiger partial charge in [0.05, 0.1) is 15.9 Å². The Morgan fingerprint density at radius 1 is 1.35 bits per heavy atom. The molecule has 1 N–H and O–H groups in total. The standard InChI is InChI=1S/C12H7F3N4O2S2/c1-5-9(23-19-18-5)10(20)17-11-16-7-3-2-6(4-8(7)22-11)21-12(13,14)15/h2-4H,1H3,(H,16,17,20). The number of aryl methyl sites for hydroxylation is 1. The Balaban J connectivity index is 1.83. The number of hydrogen-bond donors (Lipinski definition) is 1. The first kappa shape index (κ1) is 15.6. The molecule has 1 amide bonds. The minimum absolute atomic E-state index is 0.266. The number of nitrogens with zero attached hydrogens (tertiary/aromatic N) is 3. The number of thiazole rings is 1. The number of nitrogens with one attached hydrogen (secondary N) is 1. The lowest BCUT2D eigenvalue weighted by molar-refractivity contribution is -0.274. The molecule has 0 spiro atoms. The topological polar surface area (TPSA) is 77.0 Å². The molecule has 2 heterocycles. The second-order valence-corrected chi connectivity index (χ2v) is 6.12. The van der Waals surface area contributed by atoms with E-state index in [1.54, 1.807) is 6.92 Å². The van der Waals surface area contributed by atoms with Crippen molar-refractivity contribution >= 4 is 44.1 Å². The van der Waals surface area contributed by atoms with Crippen molar-refractivity contribution in [1.29, 1.82) is 0 Å². The second-order valence-electron chi connectivity index (χ2n) is 4.34. The van der Waals surface area contributed by atoms with Crippen molar-refractivity contribution in [3.05, 3.63) is 28.8 Å². The summed E-state index contributed by atoms with van der Waals surface area (Å²) in [6, 6.07) is 3.77. The van der Waals surface area contributed by atoms with Crippen molar-refractivity contribution in [2.45, 2.75) is 13.3 Å². The van der Waals surface area contributed by atoms with Crippen molar-refractivity contribution in [1.82, 2.24) is 14.6 Å². The number of fused-ring (bicyclic) bond motifs is 1. The third-order valence-corrected chi connectivity index (χ3v) is 4.43.